The number of fused-ring (bicyclic) bond motifs is 1. The van der Waals surface area contributed by atoms with Crippen LogP contribution in [0, 0.1) is 0 Å². The van der Waals surface area contributed by atoms with E-state index in [4.69, 9.17) is 9.31 Å². The van der Waals surface area contributed by atoms with Gasteiger partial charge in [0, 0.05) is 25.5 Å². The first-order valence-electron chi connectivity index (χ1n) is 7.90. The molecule has 2 aromatic rings. The smallest absolute Gasteiger partial charge is 0.408 e. The van der Waals surface area contributed by atoms with Gasteiger partial charge in [-0.2, -0.15) is 0 Å². The SMILES string of the molecule is CCOB(OC(C)(C)CC)c1ccc2ncc(C(=O)NC)n2c1. The lowest BCUT2D eigenvalue weighted by Crippen LogP contribution is -2.44. The van der Waals surface area contributed by atoms with Crippen molar-refractivity contribution in [3.8, 4) is 0 Å². The van der Waals surface area contributed by atoms with Gasteiger partial charge in [-0.1, -0.05) is 13.0 Å². The van der Waals surface area contributed by atoms with Crippen LogP contribution in [0.3, 0.4) is 0 Å². The van der Waals surface area contributed by atoms with Crippen LogP contribution in [0.2, 0.25) is 0 Å². The Balaban J connectivity index is 2.41. The summed E-state index contributed by atoms with van der Waals surface area (Å²) in [5, 5.41) is 2.62. The molecule has 124 valence electrons. The van der Waals surface area contributed by atoms with Gasteiger partial charge in [-0.25, -0.2) is 4.98 Å². The van der Waals surface area contributed by atoms with Crippen LogP contribution in [0.5, 0.6) is 0 Å². The van der Waals surface area contributed by atoms with Crippen molar-refractivity contribution in [1.82, 2.24) is 14.7 Å². The second-order valence-electron chi connectivity index (χ2n) is 5.93. The predicted octanol–water partition coefficient (Wildman–Crippen LogP) is 1.63. The molecule has 7 heteroatoms. The standard InChI is InChI=1S/C16H24BN3O3/c1-6-16(3,4)23-17(22-7-2)12-8-9-14-19-10-13(15(21)18-5)20(14)11-12/h8-11H,6-7H2,1-5H3,(H,18,21). The summed E-state index contributed by atoms with van der Waals surface area (Å²) < 4.78 is 13.6. The molecule has 0 fully saturated rings. The number of aromatic nitrogens is 2. The highest BCUT2D eigenvalue weighted by Crippen LogP contribution is 2.16. The monoisotopic (exact) mass is 317 g/mol. The van der Waals surface area contributed by atoms with Gasteiger partial charge in [-0.3, -0.25) is 9.20 Å². The molecule has 2 heterocycles. The van der Waals surface area contributed by atoms with Crippen LogP contribution in [0.15, 0.2) is 24.5 Å². The first-order valence-corrected chi connectivity index (χ1v) is 7.90. The van der Waals surface area contributed by atoms with Crippen LogP contribution in [0.25, 0.3) is 5.65 Å². The van der Waals surface area contributed by atoms with Gasteiger partial charge in [0.1, 0.15) is 11.3 Å². The Hall–Kier alpha value is -1.86. The maximum atomic E-state index is 11.9. The normalized spacial score (nSPS) is 11.7. The second-order valence-corrected chi connectivity index (χ2v) is 5.93. The van der Waals surface area contributed by atoms with Crippen molar-refractivity contribution in [2.75, 3.05) is 13.7 Å². The molecule has 0 radical (unpaired) electrons. The van der Waals surface area contributed by atoms with Crippen LogP contribution in [0.4, 0.5) is 0 Å². The Morgan fingerprint density at radius 3 is 2.74 bits per heavy atom. The van der Waals surface area contributed by atoms with Crippen molar-refractivity contribution in [2.45, 2.75) is 39.7 Å². The van der Waals surface area contributed by atoms with Crippen molar-refractivity contribution in [1.29, 1.82) is 0 Å². The predicted molar refractivity (Wildman–Crippen MR) is 91.1 cm³/mol. The van der Waals surface area contributed by atoms with Crippen molar-refractivity contribution >= 4 is 24.1 Å². The number of carbonyl (C=O) groups is 1. The zero-order valence-corrected chi connectivity index (χ0v) is 14.4. The summed E-state index contributed by atoms with van der Waals surface area (Å²) in [6.07, 6.45) is 4.27. The van der Waals surface area contributed by atoms with Gasteiger partial charge >= 0.3 is 7.12 Å². The number of rotatable bonds is 7. The summed E-state index contributed by atoms with van der Waals surface area (Å²) in [7, 11) is 1.11. The molecule has 1 amide bonds. The van der Waals surface area contributed by atoms with Gasteiger partial charge in [-0.05, 0) is 38.7 Å². The first kappa shape index (κ1) is 17.5. The van der Waals surface area contributed by atoms with E-state index in [1.165, 1.54) is 0 Å². The zero-order valence-electron chi connectivity index (χ0n) is 14.4. The fourth-order valence-electron chi connectivity index (χ4n) is 2.16. The number of pyridine rings is 1. The largest absolute Gasteiger partial charge is 0.495 e. The minimum Gasteiger partial charge on any atom is -0.408 e. The van der Waals surface area contributed by atoms with E-state index in [2.05, 4.69) is 17.2 Å². The third kappa shape index (κ3) is 3.92. The molecule has 0 aliphatic carbocycles. The van der Waals surface area contributed by atoms with Gasteiger partial charge < -0.3 is 14.6 Å². The number of nitrogens with one attached hydrogen (secondary N) is 1. The highest BCUT2D eigenvalue weighted by atomic mass is 16.6. The minimum absolute atomic E-state index is 0.183. The Morgan fingerprint density at radius 1 is 1.39 bits per heavy atom. The van der Waals surface area contributed by atoms with E-state index < -0.39 is 7.12 Å². The average molecular weight is 317 g/mol. The molecule has 0 saturated heterocycles. The molecule has 6 nitrogen and oxygen atoms in total. The molecular weight excluding hydrogens is 293 g/mol. The first-order chi connectivity index (χ1) is 10.9. The van der Waals surface area contributed by atoms with Gasteiger partial charge in [0.2, 0.25) is 0 Å². The molecule has 0 atom stereocenters. The maximum absolute atomic E-state index is 11.9. The summed E-state index contributed by atoms with van der Waals surface area (Å²) in [4.78, 5) is 16.2. The maximum Gasteiger partial charge on any atom is 0.495 e. The van der Waals surface area contributed by atoms with E-state index in [0.717, 1.165) is 11.9 Å². The summed E-state index contributed by atoms with van der Waals surface area (Å²) in [6, 6.07) is 3.78. The summed E-state index contributed by atoms with van der Waals surface area (Å²) in [6.45, 7) is 8.61. The van der Waals surface area contributed by atoms with Crippen LogP contribution >= 0.6 is 0 Å². The zero-order chi connectivity index (χ0) is 17.0. The van der Waals surface area contributed by atoms with E-state index in [1.807, 2.05) is 39.1 Å². The van der Waals surface area contributed by atoms with E-state index in [0.29, 0.717) is 17.9 Å². The number of amides is 1. The number of carbonyl (C=O) groups excluding carboxylic acids is 1. The molecule has 0 aliphatic rings. The third-order valence-corrected chi connectivity index (χ3v) is 3.86. The number of imidazole rings is 1. The van der Waals surface area contributed by atoms with Gasteiger partial charge in [-0.15, -0.1) is 0 Å². The molecule has 0 bridgehead atoms. The van der Waals surface area contributed by atoms with Crippen molar-refractivity contribution in [3.63, 3.8) is 0 Å². The summed E-state index contributed by atoms with van der Waals surface area (Å²) in [5.74, 6) is -0.183. The van der Waals surface area contributed by atoms with Crippen LogP contribution in [0.1, 0.15) is 44.6 Å². The molecule has 2 aromatic heterocycles. The minimum atomic E-state index is -0.487. The number of hydrogen-bond acceptors (Lipinski definition) is 4. The lowest BCUT2D eigenvalue weighted by molar-refractivity contribution is 0.0705. The lowest BCUT2D eigenvalue weighted by atomic mass is 9.78. The molecule has 0 aromatic carbocycles. The van der Waals surface area contributed by atoms with Crippen LogP contribution < -0.4 is 10.8 Å². The van der Waals surface area contributed by atoms with Gasteiger partial charge in [0.25, 0.3) is 5.91 Å². The van der Waals surface area contributed by atoms with Crippen molar-refractivity contribution in [2.24, 2.45) is 0 Å². The van der Waals surface area contributed by atoms with Gasteiger partial charge in [0.15, 0.2) is 0 Å². The Kier molecular flexibility index (Phi) is 5.44. The molecule has 1 N–H and O–H groups in total. The molecule has 0 unspecified atom stereocenters. The lowest BCUT2D eigenvalue weighted by Gasteiger charge is -2.28. The third-order valence-electron chi connectivity index (χ3n) is 3.86. The Morgan fingerprint density at radius 2 is 2.13 bits per heavy atom. The number of hydrogen-bond donors (Lipinski definition) is 1. The van der Waals surface area contributed by atoms with Crippen LogP contribution in [-0.4, -0.2) is 41.7 Å². The topological polar surface area (TPSA) is 64.9 Å². The van der Waals surface area contributed by atoms with Crippen molar-refractivity contribution in [3.05, 3.63) is 30.2 Å². The fourth-order valence-corrected chi connectivity index (χ4v) is 2.16. The molecular formula is C16H24BN3O3. The second kappa shape index (κ2) is 7.15. The fraction of sp³-hybridized carbons (Fsp3) is 0.500. The van der Waals surface area contributed by atoms with E-state index in [1.54, 1.807) is 17.6 Å². The van der Waals surface area contributed by atoms with Crippen LogP contribution in [-0.2, 0) is 9.31 Å². The Bertz CT molecular complexity index is 684. The molecule has 0 aliphatic heterocycles. The van der Waals surface area contributed by atoms with E-state index >= 15 is 0 Å². The summed E-state index contributed by atoms with van der Waals surface area (Å²) in [5.41, 5.74) is 1.74. The number of nitrogens with zero attached hydrogens (tertiary/aromatic N) is 2. The highest BCUT2D eigenvalue weighted by molar-refractivity contribution is 6.61. The molecule has 23 heavy (non-hydrogen) atoms. The van der Waals surface area contributed by atoms with E-state index in [9.17, 15) is 4.79 Å². The molecule has 0 saturated carbocycles. The molecule has 2 rings (SSSR count). The molecule has 0 spiro atoms. The van der Waals surface area contributed by atoms with Gasteiger partial charge in [0.05, 0.1) is 6.20 Å². The van der Waals surface area contributed by atoms with Crippen molar-refractivity contribution < 1.29 is 14.1 Å². The summed E-state index contributed by atoms with van der Waals surface area (Å²) >= 11 is 0. The quantitative estimate of drug-likeness (QED) is 0.788. The Labute approximate surface area is 137 Å². The highest BCUT2D eigenvalue weighted by Gasteiger charge is 2.29. The average Bonchev–Trinajstić information content (AvgIpc) is 2.96. The van der Waals surface area contributed by atoms with E-state index in [-0.39, 0.29) is 11.5 Å².